The number of nitrogens with one attached hydrogen (secondary N) is 1. The maximum atomic E-state index is 6.09. The quantitative estimate of drug-likeness (QED) is 0.867. The highest BCUT2D eigenvalue weighted by atomic mass is 16.5. The summed E-state index contributed by atoms with van der Waals surface area (Å²) in [6, 6.07) is 6.50. The van der Waals surface area contributed by atoms with E-state index in [2.05, 4.69) is 58.1 Å². The van der Waals surface area contributed by atoms with Crippen LogP contribution in [0.25, 0.3) is 0 Å². The van der Waals surface area contributed by atoms with E-state index in [-0.39, 0.29) is 5.60 Å². The molecule has 2 rings (SSSR count). The Bertz CT molecular complexity index is 449. The van der Waals surface area contributed by atoms with Crippen LogP contribution in [0.4, 0.5) is 0 Å². The van der Waals surface area contributed by atoms with Gasteiger partial charge in [0.15, 0.2) is 0 Å². The molecule has 0 radical (unpaired) electrons. The van der Waals surface area contributed by atoms with Gasteiger partial charge >= 0.3 is 0 Å². The molecule has 1 aromatic rings. The molecule has 1 aromatic carbocycles. The van der Waals surface area contributed by atoms with Crippen molar-refractivity contribution in [3.8, 4) is 5.75 Å². The molecule has 0 fully saturated rings. The standard InChI is InChI=1S/C17H27NO/c1-6-16(2,3)12-18-11-14-9-7-8-13-10-17(4,5)19-15(13)14/h7-9,18H,6,10-12H2,1-5H3. The van der Waals surface area contributed by atoms with E-state index in [1.165, 1.54) is 17.5 Å². The average molecular weight is 261 g/mol. The summed E-state index contributed by atoms with van der Waals surface area (Å²) in [6.45, 7) is 13.1. The Balaban J connectivity index is 2.02. The van der Waals surface area contributed by atoms with Crippen LogP contribution < -0.4 is 10.1 Å². The highest BCUT2D eigenvalue weighted by Crippen LogP contribution is 2.37. The van der Waals surface area contributed by atoms with Gasteiger partial charge in [-0.1, -0.05) is 39.0 Å². The summed E-state index contributed by atoms with van der Waals surface area (Å²) >= 11 is 0. The predicted octanol–water partition coefficient (Wildman–Crippen LogP) is 3.93. The number of rotatable bonds is 5. The van der Waals surface area contributed by atoms with Crippen molar-refractivity contribution in [3.63, 3.8) is 0 Å². The van der Waals surface area contributed by atoms with Crippen molar-refractivity contribution in [3.05, 3.63) is 29.3 Å². The molecule has 0 unspecified atom stereocenters. The highest BCUT2D eigenvalue weighted by molar-refractivity contribution is 5.45. The van der Waals surface area contributed by atoms with Crippen LogP contribution in [-0.4, -0.2) is 12.1 Å². The third-order valence-electron chi connectivity index (χ3n) is 4.05. The Morgan fingerprint density at radius 3 is 2.74 bits per heavy atom. The van der Waals surface area contributed by atoms with E-state index in [1.54, 1.807) is 0 Å². The highest BCUT2D eigenvalue weighted by Gasteiger charge is 2.31. The first-order chi connectivity index (χ1) is 8.83. The molecule has 2 nitrogen and oxygen atoms in total. The molecule has 1 aliphatic heterocycles. The Morgan fingerprint density at radius 1 is 1.32 bits per heavy atom. The average Bonchev–Trinajstić information content (AvgIpc) is 2.64. The first-order valence-corrected chi connectivity index (χ1v) is 7.33. The second-order valence-corrected chi connectivity index (χ2v) is 7.07. The van der Waals surface area contributed by atoms with Crippen molar-refractivity contribution in [2.75, 3.05) is 6.54 Å². The van der Waals surface area contributed by atoms with Crippen molar-refractivity contribution in [1.29, 1.82) is 0 Å². The number of fused-ring (bicyclic) bond motifs is 1. The number of ether oxygens (including phenoxy) is 1. The summed E-state index contributed by atoms with van der Waals surface area (Å²) in [5.74, 6) is 1.11. The zero-order chi connectivity index (χ0) is 14.1. The van der Waals surface area contributed by atoms with E-state index < -0.39 is 0 Å². The normalized spacial score (nSPS) is 17.1. The number of hydrogen-bond donors (Lipinski definition) is 1. The molecular formula is C17H27NO. The van der Waals surface area contributed by atoms with Crippen LogP contribution in [0.3, 0.4) is 0 Å². The van der Waals surface area contributed by atoms with Crippen molar-refractivity contribution < 1.29 is 4.74 Å². The minimum Gasteiger partial charge on any atom is -0.487 e. The molecule has 0 saturated carbocycles. The van der Waals surface area contributed by atoms with Gasteiger partial charge in [0.1, 0.15) is 11.4 Å². The van der Waals surface area contributed by atoms with Crippen LogP contribution in [0.2, 0.25) is 0 Å². The molecule has 0 bridgehead atoms. The second kappa shape index (κ2) is 5.16. The fourth-order valence-corrected chi connectivity index (χ4v) is 2.48. The zero-order valence-corrected chi connectivity index (χ0v) is 13.0. The fraction of sp³-hybridized carbons (Fsp3) is 0.647. The number of benzene rings is 1. The monoisotopic (exact) mass is 261 g/mol. The van der Waals surface area contributed by atoms with Gasteiger partial charge in [-0.25, -0.2) is 0 Å². The van der Waals surface area contributed by atoms with Crippen molar-refractivity contribution in [2.24, 2.45) is 5.41 Å². The van der Waals surface area contributed by atoms with Crippen LogP contribution in [0.5, 0.6) is 5.75 Å². The van der Waals surface area contributed by atoms with E-state index in [4.69, 9.17) is 4.74 Å². The molecule has 1 aliphatic rings. The molecule has 106 valence electrons. The number of para-hydroxylation sites is 1. The summed E-state index contributed by atoms with van der Waals surface area (Å²) < 4.78 is 6.09. The Morgan fingerprint density at radius 2 is 2.05 bits per heavy atom. The van der Waals surface area contributed by atoms with Crippen LogP contribution in [-0.2, 0) is 13.0 Å². The molecule has 0 aromatic heterocycles. The van der Waals surface area contributed by atoms with E-state index in [1.807, 2.05) is 0 Å². The second-order valence-electron chi connectivity index (χ2n) is 7.07. The van der Waals surface area contributed by atoms with Gasteiger partial charge in [0.05, 0.1) is 0 Å². The summed E-state index contributed by atoms with van der Waals surface area (Å²) in [7, 11) is 0. The molecule has 1 heterocycles. The minimum atomic E-state index is -0.0544. The van der Waals surface area contributed by atoms with Crippen LogP contribution >= 0.6 is 0 Å². The van der Waals surface area contributed by atoms with E-state index in [0.717, 1.165) is 25.3 Å². The molecule has 0 spiro atoms. The third kappa shape index (κ3) is 3.50. The molecular weight excluding hydrogens is 234 g/mol. The van der Waals surface area contributed by atoms with Crippen LogP contribution in [0.15, 0.2) is 18.2 Å². The molecule has 0 saturated heterocycles. The van der Waals surface area contributed by atoms with Gasteiger partial charge < -0.3 is 10.1 Å². The van der Waals surface area contributed by atoms with Crippen molar-refractivity contribution in [1.82, 2.24) is 5.32 Å². The summed E-state index contributed by atoms with van der Waals surface area (Å²) in [5.41, 5.74) is 2.94. The molecule has 19 heavy (non-hydrogen) atoms. The van der Waals surface area contributed by atoms with Gasteiger partial charge in [-0.05, 0) is 31.2 Å². The maximum Gasteiger partial charge on any atom is 0.127 e. The Hall–Kier alpha value is -1.02. The van der Waals surface area contributed by atoms with E-state index in [0.29, 0.717) is 5.41 Å². The smallest absolute Gasteiger partial charge is 0.127 e. The summed E-state index contributed by atoms with van der Waals surface area (Å²) in [4.78, 5) is 0. The number of hydrogen-bond acceptors (Lipinski definition) is 2. The maximum absolute atomic E-state index is 6.09. The Labute approximate surface area is 117 Å². The lowest BCUT2D eigenvalue weighted by atomic mass is 9.90. The molecule has 0 amide bonds. The van der Waals surface area contributed by atoms with Gasteiger partial charge in [0, 0.05) is 25.1 Å². The Kier molecular flexibility index (Phi) is 3.91. The molecule has 1 N–H and O–H groups in total. The topological polar surface area (TPSA) is 21.3 Å². The summed E-state index contributed by atoms with van der Waals surface area (Å²) in [6.07, 6.45) is 2.20. The third-order valence-corrected chi connectivity index (χ3v) is 4.05. The van der Waals surface area contributed by atoms with Gasteiger partial charge in [-0.15, -0.1) is 0 Å². The van der Waals surface area contributed by atoms with E-state index >= 15 is 0 Å². The lowest BCUT2D eigenvalue weighted by Gasteiger charge is -2.23. The lowest BCUT2D eigenvalue weighted by molar-refractivity contribution is 0.137. The largest absolute Gasteiger partial charge is 0.487 e. The zero-order valence-electron chi connectivity index (χ0n) is 13.0. The van der Waals surface area contributed by atoms with Gasteiger partial charge in [-0.3, -0.25) is 0 Å². The van der Waals surface area contributed by atoms with E-state index in [9.17, 15) is 0 Å². The van der Waals surface area contributed by atoms with Gasteiger partial charge in [-0.2, -0.15) is 0 Å². The summed E-state index contributed by atoms with van der Waals surface area (Å²) in [5, 5.41) is 3.57. The van der Waals surface area contributed by atoms with Crippen molar-refractivity contribution >= 4 is 0 Å². The van der Waals surface area contributed by atoms with Crippen LogP contribution in [0.1, 0.15) is 52.2 Å². The van der Waals surface area contributed by atoms with Crippen molar-refractivity contribution in [2.45, 2.75) is 59.6 Å². The molecule has 2 heteroatoms. The minimum absolute atomic E-state index is 0.0544. The van der Waals surface area contributed by atoms with Crippen LogP contribution in [0, 0.1) is 5.41 Å². The first-order valence-electron chi connectivity index (χ1n) is 7.33. The molecule has 0 aliphatic carbocycles. The first kappa shape index (κ1) is 14.4. The molecule has 0 atom stereocenters. The fourth-order valence-electron chi connectivity index (χ4n) is 2.48. The van der Waals surface area contributed by atoms with Gasteiger partial charge in [0.2, 0.25) is 0 Å². The SMILES string of the molecule is CCC(C)(C)CNCc1cccc2c1OC(C)(C)C2. The van der Waals surface area contributed by atoms with Gasteiger partial charge in [0.25, 0.3) is 0 Å². The predicted molar refractivity (Wildman–Crippen MR) is 80.6 cm³/mol. The lowest BCUT2D eigenvalue weighted by Crippen LogP contribution is -2.29.